The van der Waals surface area contributed by atoms with Crippen molar-refractivity contribution >= 4 is 61.2 Å². The van der Waals surface area contributed by atoms with Gasteiger partial charge in [-0.1, -0.05) is 18.2 Å². The number of aliphatic hydroxyl groups is 1. The third kappa shape index (κ3) is 13.9. The molecule has 3 aromatic carbocycles. The Hall–Kier alpha value is -7.32. The number of hydrogen-bond donors (Lipinski definition) is 4. The summed E-state index contributed by atoms with van der Waals surface area (Å²) in [6.45, 7) is 19.8. The molecule has 95 heavy (non-hydrogen) atoms. The van der Waals surface area contributed by atoms with E-state index in [2.05, 4.69) is 95.5 Å². The fourth-order valence-electron chi connectivity index (χ4n) is 16.3. The van der Waals surface area contributed by atoms with E-state index in [1.807, 2.05) is 43.6 Å². The topological polar surface area (TPSA) is 246 Å². The Morgan fingerprint density at radius 1 is 0.842 bits per heavy atom. The average Bonchev–Trinajstić information content (AvgIpc) is 1.37. The van der Waals surface area contributed by atoms with Crippen molar-refractivity contribution in [2.45, 2.75) is 151 Å². The third-order valence-corrected chi connectivity index (χ3v) is 22.9. The maximum atomic E-state index is 15.0. The highest BCUT2D eigenvalue weighted by Gasteiger charge is 2.51. The first-order valence-corrected chi connectivity index (χ1v) is 35.8. The van der Waals surface area contributed by atoms with E-state index in [0.717, 1.165) is 151 Å². The molecular weight excluding hydrogens is 1230 g/mol. The summed E-state index contributed by atoms with van der Waals surface area (Å²) < 4.78 is 61.9. The number of nitro benzene ring substituents is 1. The van der Waals surface area contributed by atoms with Crippen molar-refractivity contribution in [2.75, 3.05) is 119 Å². The number of nitro groups is 1. The SMILES string of the molecule is COc1cc(CN2CCC(N3CCN(C4CC5(CCN(c6ccc(C(=O)NS(=O)(=O)c7ccc(NC[C@H]8CC[C@](C)(O)CC8)c([N+](=O)[O-])c7)c(N7c8cc9cc[nH]c9nc8O[C@H]8COCC[C@@H]87)c6)CC5)C4)[C@H](c4ccccc4OC(C)(C)C)C3)CC2)cnc1N1CCOCC1. The van der Waals surface area contributed by atoms with Gasteiger partial charge in [0.2, 0.25) is 5.88 Å². The molecule has 6 aliphatic heterocycles. The molecule has 9 heterocycles. The smallest absolute Gasteiger partial charge is 0.293 e. The van der Waals surface area contributed by atoms with Gasteiger partial charge in [-0.25, -0.2) is 18.1 Å². The number of sulfonamides is 1. The molecule has 508 valence electrons. The van der Waals surface area contributed by atoms with Crippen LogP contribution in [0.2, 0.25) is 0 Å². The van der Waals surface area contributed by atoms with Crippen LogP contribution >= 0.6 is 0 Å². The number of nitrogens with zero attached hydrogens (tertiary/aromatic N) is 9. The van der Waals surface area contributed by atoms with Gasteiger partial charge in [0.05, 0.1) is 65.7 Å². The molecule has 0 bridgehead atoms. The predicted octanol–water partition coefficient (Wildman–Crippen LogP) is 9.82. The van der Waals surface area contributed by atoms with E-state index < -0.39 is 43.1 Å². The summed E-state index contributed by atoms with van der Waals surface area (Å²) in [5.41, 5.74) is 4.03. The van der Waals surface area contributed by atoms with Crippen molar-refractivity contribution in [2.24, 2.45) is 11.3 Å². The van der Waals surface area contributed by atoms with Gasteiger partial charge in [-0.05, 0) is 183 Å². The summed E-state index contributed by atoms with van der Waals surface area (Å²) in [5, 5.41) is 27.0. The Bertz CT molecular complexity index is 3880. The number of nitrogens with one attached hydrogen (secondary N) is 3. The minimum atomic E-state index is -4.66. The number of benzene rings is 3. The molecule has 5 saturated heterocycles. The first kappa shape index (κ1) is 65.0. The lowest BCUT2D eigenvalue weighted by Gasteiger charge is -2.59. The summed E-state index contributed by atoms with van der Waals surface area (Å²) in [6, 6.07) is 24.8. The van der Waals surface area contributed by atoms with Gasteiger partial charge >= 0.3 is 0 Å². The van der Waals surface area contributed by atoms with Gasteiger partial charge in [0, 0.05) is 113 Å². The first-order chi connectivity index (χ1) is 45.7. The second-order valence-corrected chi connectivity index (χ2v) is 30.8. The number of morpholine rings is 1. The molecule has 8 aliphatic rings. The number of piperazine rings is 1. The van der Waals surface area contributed by atoms with Crippen LogP contribution in [-0.2, 0) is 26.0 Å². The average molecular weight is 1320 g/mol. The zero-order valence-electron chi connectivity index (χ0n) is 55.5. The molecule has 0 unspecified atom stereocenters. The fraction of sp³-hybridized carbons (Fsp3) is 0.563. The number of anilines is 5. The van der Waals surface area contributed by atoms with Gasteiger partial charge in [0.25, 0.3) is 21.6 Å². The van der Waals surface area contributed by atoms with Crippen molar-refractivity contribution in [1.82, 2.24) is 34.4 Å². The van der Waals surface area contributed by atoms with Gasteiger partial charge in [0.1, 0.15) is 34.5 Å². The van der Waals surface area contributed by atoms with Gasteiger partial charge < -0.3 is 53.8 Å². The van der Waals surface area contributed by atoms with Crippen LogP contribution in [0.15, 0.2) is 96.2 Å². The number of aromatic nitrogens is 3. The fourth-order valence-corrected chi connectivity index (χ4v) is 17.3. The molecule has 3 aromatic heterocycles. The minimum absolute atomic E-state index is 0.106. The molecule has 1 spiro atoms. The molecule has 7 fully saturated rings. The van der Waals surface area contributed by atoms with Crippen molar-refractivity contribution < 1.29 is 46.9 Å². The molecule has 14 rings (SSSR count). The maximum absolute atomic E-state index is 15.0. The number of pyridine rings is 2. The third-order valence-electron chi connectivity index (χ3n) is 21.6. The van der Waals surface area contributed by atoms with Crippen LogP contribution in [0.4, 0.5) is 34.3 Å². The Kier molecular flexibility index (Phi) is 18.2. The maximum Gasteiger partial charge on any atom is 0.293 e. The van der Waals surface area contributed by atoms with Gasteiger partial charge in [0.15, 0.2) is 11.6 Å². The second-order valence-electron chi connectivity index (χ2n) is 29.1. The molecule has 4 N–H and O–H groups in total. The van der Waals surface area contributed by atoms with Crippen LogP contribution in [0.25, 0.3) is 11.0 Å². The molecule has 0 radical (unpaired) electrons. The lowest BCUT2D eigenvalue weighted by Crippen LogP contribution is -2.61. The van der Waals surface area contributed by atoms with Gasteiger partial charge in [-0.15, -0.1) is 0 Å². The number of hydrogen-bond acceptors (Lipinski definition) is 20. The largest absolute Gasteiger partial charge is 0.493 e. The normalized spacial score (nSPS) is 24.9. The number of ether oxygens (including phenoxy) is 5. The molecule has 6 aromatic rings. The van der Waals surface area contributed by atoms with Crippen LogP contribution in [0.5, 0.6) is 17.4 Å². The van der Waals surface area contributed by atoms with Crippen LogP contribution in [-0.4, -0.2) is 188 Å². The molecular formula is C71H92N12O11S. The Labute approximate surface area is 557 Å². The molecule has 23 nitrogen and oxygen atoms in total. The highest BCUT2D eigenvalue weighted by molar-refractivity contribution is 7.90. The van der Waals surface area contributed by atoms with E-state index in [4.69, 9.17) is 33.7 Å². The first-order valence-electron chi connectivity index (χ1n) is 34.3. The standard InChI is InChI=1S/C71H92N12O11S/c1-69(2,3)94-62-9-7-6-8-54(62)61-45-80(50-17-25-77(26-18-50)44-48-36-63(90-5)66(74-43-48)79-31-34-91-35-32-79)29-30-81(61)52-40-71(41-52)22-27-78(28-23-71)51-10-12-55(58(38-51)82-57-19-33-92-46-64(57)93-68-60(82)37-49-16-24-72-65(49)75-68)67(84)76-95(88,89)53-11-13-56(59(39-53)83(86)87)73-42-47-14-20-70(4,85)21-15-47/h6-13,16,24,36-39,43,47,50,52,57,61,64,73,85H,14-15,17-23,25-35,40-42,44-46H2,1-5H3,(H,72,75)(H,76,84)/t47-,57-,61-,64-,70-/m0/s1. The number of amides is 1. The van der Waals surface area contributed by atoms with Crippen LogP contribution in [0.1, 0.15) is 126 Å². The number of carbonyl (C=O) groups is 1. The monoisotopic (exact) mass is 1320 g/mol. The van der Waals surface area contributed by atoms with Crippen LogP contribution < -0.4 is 38.9 Å². The van der Waals surface area contributed by atoms with E-state index in [0.29, 0.717) is 80.6 Å². The highest BCUT2D eigenvalue weighted by Crippen LogP contribution is 2.54. The Morgan fingerprint density at radius 3 is 2.38 bits per heavy atom. The number of piperidine rings is 2. The molecule has 1 amide bonds. The summed E-state index contributed by atoms with van der Waals surface area (Å²) in [4.78, 5) is 54.3. The van der Waals surface area contributed by atoms with E-state index in [-0.39, 0.29) is 46.9 Å². The molecule has 3 atom stereocenters. The molecule has 2 aliphatic carbocycles. The van der Waals surface area contributed by atoms with Crippen LogP contribution in [0.3, 0.4) is 0 Å². The van der Waals surface area contributed by atoms with Gasteiger partial charge in [-0.2, -0.15) is 4.98 Å². The molecule has 24 heteroatoms. The quantitative estimate of drug-likeness (QED) is 0.0490. The lowest BCUT2D eigenvalue weighted by atomic mass is 9.59. The van der Waals surface area contributed by atoms with E-state index in [1.165, 1.54) is 23.3 Å². The van der Waals surface area contributed by atoms with Crippen molar-refractivity contribution in [3.05, 3.63) is 118 Å². The van der Waals surface area contributed by atoms with Gasteiger partial charge in [-0.3, -0.25) is 29.6 Å². The van der Waals surface area contributed by atoms with Crippen molar-refractivity contribution in [3.63, 3.8) is 0 Å². The van der Waals surface area contributed by atoms with E-state index in [1.54, 1.807) is 13.2 Å². The second kappa shape index (κ2) is 26.6. The summed E-state index contributed by atoms with van der Waals surface area (Å²) in [6.07, 6.45) is 13.1. The van der Waals surface area contributed by atoms with Crippen molar-refractivity contribution in [1.29, 1.82) is 0 Å². The zero-order valence-corrected chi connectivity index (χ0v) is 56.3. The summed E-state index contributed by atoms with van der Waals surface area (Å²) in [5.74, 6) is 2.33. The number of H-pyrrole nitrogens is 1. The highest BCUT2D eigenvalue weighted by atomic mass is 32.2. The zero-order chi connectivity index (χ0) is 65.8. The van der Waals surface area contributed by atoms with E-state index in [9.17, 15) is 28.4 Å². The summed E-state index contributed by atoms with van der Waals surface area (Å²) >= 11 is 0. The number of aromatic amines is 1. The summed E-state index contributed by atoms with van der Waals surface area (Å²) in [7, 11) is -2.93. The molecule has 2 saturated carbocycles. The number of fused-ring (bicyclic) bond motifs is 3. The number of rotatable bonds is 17. The predicted molar refractivity (Wildman–Crippen MR) is 364 cm³/mol. The number of para-hydroxylation sites is 1. The minimum Gasteiger partial charge on any atom is -0.493 e. The van der Waals surface area contributed by atoms with Crippen LogP contribution in [0, 0.1) is 21.4 Å². The Morgan fingerprint density at radius 2 is 1.62 bits per heavy atom. The lowest BCUT2D eigenvalue weighted by molar-refractivity contribution is -0.384. The number of likely N-dealkylation sites (tertiary alicyclic amines) is 1. The Balaban J connectivity index is 0.681. The van der Waals surface area contributed by atoms with Crippen molar-refractivity contribution in [3.8, 4) is 17.4 Å². The number of methoxy groups -OCH3 is 1. The van der Waals surface area contributed by atoms with E-state index >= 15 is 0 Å². The number of carbonyl (C=O) groups excluding carboxylic acids is 1.